The van der Waals surface area contributed by atoms with Gasteiger partial charge in [0.1, 0.15) is 17.3 Å². The van der Waals surface area contributed by atoms with Crippen LogP contribution in [0.25, 0.3) is 11.3 Å². The molecule has 0 bridgehead atoms. The molecule has 3 aromatic rings. The molecule has 1 atom stereocenters. The molecule has 1 unspecified atom stereocenters. The number of halogens is 3. The van der Waals surface area contributed by atoms with Gasteiger partial charge >= 0.3 is 5.69 Å². The van der Waals surface area contributed by atoms with E-state index in [1.165, 1.54) is 32.4 Å². The quantitative estimate of drug-likeness (QED) is 0.160. The molecule has 0 amide bonds. The molecule has 2 aromatic carbocycles. The van der Waals surface area contributed by atoms with Crippen molar-refractivity contribution in [2.24, 2.45) is 4.36 Å². The fourth-order valence-electron chi connectivity index (χ4n) is 3.65. The van der Waals surface area contributed by atoms with Crippen molar-refractivity contribution in [1.82, 2.24) is 9.97 Å². The molecule has 9 nitrogen and oxygen atoms in total. The Hall–Kier alpha value is -3.38. The normalized spacial score (nSPS) is 12.5. The molecule has 0 N–H and O–H groups in total. The average molecular weight is 569 g/mol. The van der Waals surface area contributed by atoms with Crippen molar-refractivity contribution in [2.45, 2.75) is 18.6 Å². The average Bonchev–Trinajstić information content (AvgIpc) is 2.89. The molecule has 204 valence electrons. The van der Waals surface area contributed by atoms with Gasteiger partial charge in [-0.05, 0) is 48.2 Å². The summed E-state index contributed by atoms with van der Waals surface area (Å²) >= 11 is 5.81. The van der Waals surface area contributed by atoms with Gasteiger partial charge in [0.15, 0.2) is 12.9 Å². The Morgan fingerprint density at radius 3 is 2.66 bits per heavy atom. The van der Waals surface area contributed by atoms with Crippen molar-refractivity contribution in [1.29, 1.82) is 0 Å². The second kappa shape index (κ2) is 12.9. The van der Waals surface area contributed by atoms with Gasteiger partial charge in [-0.2, -0.15) is 0 Å². The number of anilines is 1. The summed E-state index contributed by atoms with van der Waals surface area (Å²) in [6.45, 7) is 0.841. The van der Waals surface area contributed by atoms with E-state index < -0.39 is 21.4 Å². The maximum Gasteiger partial charge on any atom is 0.319 e. The summed E-state index contributed by atoms with van der Waals surface area (Å²) < 4.78 is 50.4. The first-order chi connectivity index (χ1) is 18.0. The molecule has 0 aliphatic heterocycles. The van der Waals surface area contributed by atoms with Crippen molar-refractivity contribution in [3.63, 3.8) is 0 Å². The van der Waals surface area contributed by atoms with Crippen molar-refractivity contribution >= 4 is 32.7 Å². The highest BCUT2D eigenvalue weighted by Gasteiger charge is 2.20. The molecular formula is C25H29ClF2N5O4S+. The first-order valence-corrected chi connectivity index (χ1v) is 14.0. The van der Waals surface area contributed by atoms with Crippen LogP contribution in [-0.4, -0.2) is 59.7 Å². The summed E-state index contributed by atoms with van der Waals surface area (Å²) in [4.78, 5) is 26.7. The summed E-state index contributed by atoms with van der Waals surface area (Å²) in [6, 6.07) is 8.90. The molecule has 0 aliphatic rings. The molecule has 38 heavy (non-hydrogen) atoms. The Morgan fingerprint density at radius 1 is 1.18 bits per heavy atom. The van der Waals surface area contributed by atoms with Gasteiger partial charge in [-0.15, -0.1) is 0 Å². The molecule has 0 saturated carbocycles. The van der Waals surface area contributed by atoms with E-state index in [0.717, 1.165) is 11.9 Å². The fraction of sp³-hybridized carbons (Fsp3) is 0.360. The highest BCUT2D eigenvalue weighted by Crippen LogP contribution is 2.32. The van der Waals surface area contributed by atoms with Crippen molar-refractivity contribution in [3.05, 3.63) is 70.0 Å². The summed E-state index contributed by atoms with van der Waals surface area (Å²) in [6.07, 6.45) is 3.80. The third-order valence-electron chi connectivity index (χ3n) is 5.66. The maximum atomic E-state index is 14.3. The number of nitrogens with zero attached hydrogens (tertiary/aromatic N) is 5. The SMILES string of the molecule is CN=S(C)(=O)Cc1cc(N(C)CCCCOc2cc(F)ccc2-c2nc(Cl)ncc2F)cc([N+](=O)OC)c1. The minimum absolute atomic E-state index is 0.0780. The number of hydrogen-bond donors (Lipinski definition) is 0. The minimum Gasteiger partial charge on any atom is -0.493 e. The Balaban J connectivity index is 1.66. The summed E-state index contributed by atoms with van der Waals surface area (Å²) in [5.41, 5.74) is 1.90. The van der Waals surface area contributed by atoms with Crippen LogP contribution in [0.15, 0.2) is 47.0 Å². The van der Waals surface area contributed by atoms with E-state index in [-0.39, 0.29) is 40.3 Å². The number of aromatic nitrogens is 2. The number of ether oxygens (including phenoxy) is 1. The van der Waals surface area contributed by atoms with E-state index in [1.807, 2.05) is 18.0 Å². The van der Waals surface area contributed by atoms with Crippen molar-refractivity contribution in [2.75, 3.05) is 45.5 Å². The monoisotopic (exact) mass is 568 g/mol. The molecule has 0 saturated heterocycles. The zero-order valence-electron chi connectivity index (χ0n) is 21.5. The predicted molar refractivity (Wildman–Crippen MR) is 143 cm³/mol. The minimum atomic E-state index is -2.43. The molecule has 0 fully saturated rings. The van der Waals surface area contributed by atoms with Crippen LogP contribution in [0.5, 0.6) is 5.75 Å². The van der Waals surface area contributed by atoms with Gasteiger partial charge in [-0.1, -0.05) is 0 Å². The lowest BCUT2D eigenvalue weighted by atomic mass is 10.1. The number of rotatable bonds is 12. The Bertz CT molecular complexity index is 1430. The largest absolute Gasteiger partial charge is 0.493 e. The van der Waals surface area contributed by atoms with Crippen LogP contribution in [-0.2, 0) is 20.3 Å². The Morgan fingerprint density at radius 2 is 1.95 bits per heavy atom. The third-order valence-corrected chi connectivity index (χ3v) is 7.48. The molecule has 1 aromatic heterocycles. The third kappa shape index (κ3) is 7.81. The van der Waals surface area contributed by atoms with Gasteiger partial charge in [-0.25, -0.2) is 32.2 Å². The second-order valence-corrected chi connectivity index (χ2v) is 11.4. The van der Waals surface area contributed by atoms with Gasteiger partial charge in [0.25, 0.3) is 4.92 Å². The summed E-state index contributed by atoms with van der Waals surface area (Å²) in [7, 11) is 2.20. The van der Waals surface area contributed by atoms with Crippen LogP contribution < -0.4 is 9.64 Å². The molecule has 0 radical (unpaired) electrons. The van der Waals surface area contributed by atoms with Crippen LogP contribution in [0.4, 0.5) is 20.2 Å². The summed E-state index contributed by atoms with van der Waals surface area (Å²) in [5, 5.41) is -0.136. The number of benzene rings is 2. The maximum absolute atomic E-state index is 14.3. The number of unbranched alkanes of at least 4 members (excludes halogenated alkanes) is 1. The van der Waals surface area contributed by atoms with Gasteiger partial charge < -0.3 is 9.64 Å². The van der Waals surface area contributed by atoms with Gasteiger partial charge in [0.2, 0.25) is 5.28 Å². The van der Waals surface area contributed by atoms with Crippen LogP contribution in [0.3, 0.4) is 0 Å². The highest BCUT2D eigenvalue weighted by molar-refractivity contribution is 7.92. The fourth-order valence-corrected chi connectivity index (χ4v) is 4.70. The lowest BCUT2D eigenvalue weighted by Gasteiger charge is -2.20. The van der Waals surface area contributed by atoms with Crippen molar-refractivity contribution < 1.29 is 27.5 Å². The second-order valence-electron chi connectivity index (χ2n) is 8.54. The Kier molecular flexibility index (Phi) is 9.92. The van der Waals surface area contributed by atoms with E-state index >= 15 is 0 Å². The van der Waals surface area contributed by atoms with E-state index in [0.29, 0.717) is 29.9 Å². The molecule has 0 spiro atoms. The van der Waals surface area contributed by atoms with Crippen LogP contribution in [0, 0.1) is 16.5 Å². The lowest BCUT2D eigenvalue weighted by molar-refractivity contribution is -0.736. The summed E-state index contributed by atoms with van der Waals surface area (Å²) in [5.74, 6) is -0.901. The Labute approximate surface area is 225 Å². The first-order valence-electron chi connectivity index (χ1n) is 11.6. The van der Waals surface area contributed by atoms with Gasteiger partial charge in [0.05, 0.1) is 23.5 Å². The smallest absolute Gasteiger partial charge is 0.319 e. The van der Waals surface area contributed by atoms with E-state index in [9.17, 15) is 17.9 Å². The standard InChI is InChI=1S/C25H29ClF2N5O4S/c1-29-38(4,35)16-17-11-19(14-20(12-17)33(34)36-3)32(2)9-5-6-10-37-23-13-18(27)7-8-21(23)24-22(28)15-30-25(26)31-24/h7-8,11-15H,5-6,9-10,16H2,1-4H3/q+1. The van der Waals surface area contributed by atoms with E-state index in [4.69, 9.17) is 21.2 Å². The van der Waals surface area contributed by atoms with Gasteiger partial charge in [-0.3, -0.25) is 0 Å². The molecule has 3 rings (SSSR count). The van der Waals surface area contributed by atoms with Gasteiger partial charge in [0, 0.05) is 66.1 Å². The van der Waals surface area contributed by atoms with E-state index in [2.05, 4.69) is 14.3 Å². The van der Waals surface area contributed by atoms with Crippen LogP contribution >= 0.6 is 11.6 Å². The molecule has 1 heterocycles. The van der Waals surface area contributed by atoms with Crippen LogP contribution in [0.1, 0.15) is 18.4 Å². The molecule has 0 aliphatic carbocycles. The highest BCUT2D eigenvalue weighted by atomic mass is 35.5. The zero-order valence-corrected chi connectivity index (χ0v) is 23.1. The topological polar surface area (TPSA) is 97.0 Å². The number of hydrogen-bond acceptors (Lipinski definition) is 8. The van der Waals surface area contributed by atoms with Crippen LogP contribution in [0.2, 0.25) is 5.28 Å². The van der Waals surface area contributed by atoms with E-state index in [1.54, 1.807) is 18.4 Å². The predicted octanol–water partition coefficient (Wildman–Crippen LogP) is 5.57. The van der Waals surface area contributed by atoms with Crippen molar-refractivity contribution in [3.8, 4) is 17.0 Å². The molecular weight excluding hydrogens is 540 g/mol. The first kappa shape index (κ1) is 29.2. The zero-order chi connectivity index (χ0) is 27.9. The molecule has 13 heteroatoms. The lowest BCUT2D eigenvalue weighted by Crippen LogP contribution is -2.19.